The summed E-state index contributed by atoms with van der Waals surface area (Å²) < 4.78 is 22.8. The molecule has 0 spiro atoms. The number of ether oxygens (including phenoxy) is 1. The lowest BCUT2D eigenvalue weighted by Gasteiger charge is -2.07. The second-order valence-electron chi connectivity index (χ2n) is 6.29. The van der Waals surface area contributed by atoms with Crippen LogP contribution in [0.1, 0.15) is 17.0 Å². The number of hydrogen-bond acceptors (Lipinski definition) is 4. The molecule has 2 aromatic carbocycles. The van der Waals surface area contributed by atoms with Crippen LogP contribution in [-0.4, -0.2) is 31.4 Å². The first-order chi connectivity index (χ1) is 13.7. The molecule has 6 nitrogen and oxygen atoms in total. The molecule has 136 valence electrons. The highest BCUT2D eigenvalue weighted by molar-refractivity contribution is 5.69. The molecular weight excluding hydrogens is 357 g/mol. The fourth-order valence-corrected chi connectivity index (χ4v) is 3.30. The van der Waals surface area contributed by atoms with Crippen LogP contribution in [-0.2, 0) is 6.54 Å². The molecule has 0 saturated carbocycles. The first-order valence-corrected chi connectivity index (χ1v) is 8.63. The van der Waals surface area contributed by atoms with Gasteiger partial charge in [-0.2, -0.15) is 5.10 Å². The van der Waals surface area contributed by atoms with Gasteiger partial charge in [0.2, 0.25) is 0 Å². The summed E-state index contributed by atoms with van der Waals surface area (Å²) in [5.74, 6) is 7.31. The summed E-state index contributed by atoms with van der Waals surface area (Å²) in [4.78, 5) is 8.78. The van der Waals surface area contributed by atoms with Gasteiger partial charge in [-0.05, 0) is 42.3 Å². The van der Waals surface area contributed by atoms with Crippen LogP contribution in [0.2, 0.25) is 0 Å². The van der Waals surface area contributed by atoms with Crippen molar-refractivity contribution < 1.29 is 9.13 Å². The smallest absolute Gasteiger partial charge is 0.160 e. The summed E-state index contributed by atoms with van der Waals surface area (Å²) in [5, 5.41) is 4.28. The van der Waals surface area contributed by atoms with E-state index < -0.39 is 0 Å². The van der Waals surface area contributed by atoms with Gasteiger partial charge in [-0.15, -0.1) is 0 Å². The van der Waals surface area contributed by atoms with E-state index in [2.05, 4.69) is 26.9 Å². The van der Waals surface area contributed by atoms with Crippen LogP contribution >= 0.6 is 0 Å². The maximum Gasteiger partial charge on any atom is 0.160 e. The van der Waals surface area contributed by atoms with E-state index in [-0.39, 0.29) is 5.82 Å². The molecule has 0 aliphatic carbocycles. The molecule has 0 N–H and O–H groups in total. The highest BCUT2D eigenvalue weighted by Gasteiger charge is 2.23. The molecule has 4 aromatic rings. The van der Waals surface area contributed by atoms with E-state index in [0.717, 1.165) is 22.7 Å². The zero-order chi connectivity index (χ0) is 19.1. The van der Waals surface area contributed by atoms with Crippen molar-refractivity contribution in [2.45, 2.75) is 6.54 Å². The number of rotatable bonds is 1. The molecule has 0 unspecified atom stereocenters. The molecule has 28 heavy (non-hydrogen) atoms. The van der Waals surface area contributed by atoms with Gasteiger partial charge in [0, 0.05) is 11.1 Å². The Morgan fingerprint density at radius 3 is 2.93 bits per heavy atom. The van der Waals surface area contributed by atoms with Gasteiger partial charge in [0.05, 0.1) is 25.0 Å². The van der Waals surface area contributed by atoms with Gasteiger partial charge in [0.15, 0.2) is 5.82 Å². The molecule has 2 aromatic heterocycles. The molecule has 0 saturated heterocycles. The van der Waals surface area contributed by atoms with Gasteiger partial charge < -0.3 is 4.74 Å². The number of benzene rings is 2. The van der Waals surface area contributed by atoms with Gasteiger partial charge in [0.1, 0.15) is 29.9 Å². The maximum atomic E-state index is 13.9. The van der Waals surface area contributed by atoms with E-state index in [1.54, 1.807) is 24.2 Å². The fraction of sp³-hybridized carbons (Fsp3) is 0.0952. The summed E-state index contributed by atoms with van der Waals surface area (Å²) in [7, 11) is 1.62. The van der Waals surface area contributed by atoms with Crippen molar-refractivity contribution in [2.75, 3.05) is 7.11 Å². The highest BCUT2D eigenvalue weighted by Crippen LogP contribution is 2.31. The average molecular weight is 371 g/mol. The van der Waals surface area contributed by atoms with Crippen molar-refractivity contribution in [2.24, 2.45) is 0 Å². The van der Waals surface area contributed by atoms with Gasteiger partial charge in [-0.1, -0.05) is 12.0 Å². The Morgan fingerprint density at radius 2 is 2.04 bits per heavy atom. The molecule has 0 radical (unpaired) electrons. The lowest BCUT2D eigenvalue weighted by Crippen LogP contribution is -2.05. The fourth-order valence-electron chi connectivity index (χ4n) is 3.30. The van der Waals surface area contributed by atoms with E-state index in [0.29, 0.717) is 23.6 Å². The zero-order valence-corrected chi connectivity index (χ0v) is 14.9. The lowest BCUT2D eigenvalue weighted by molar-refractivity contribution is 0.414. The predicted octanol–water partition coefficient (Wildman–Crippen LogP) is 3.04. The van der Waals surface area contributed by atoms with Crippen molar-refractivity contribution in [3.63, 3.8) is 0 Å². The van der Waals surface area contributed by atoms with Crippen molar-refractivity contribution in [1.82, 2.24) is 24.3 Å². The number of fused-ring (bicyclic) bond motifs is 5. The zero-order valence-electron chi connectivity index (χ0n) is 14.9. The van der Waals surface area contributed by atoms with E-state index in [1.807, 2.05) is 28.8 Å². The minimum atomic E-state index is -0.324. The normalized spacial score (nSPS) is 11.5. The van der Waals surface area contributed by atoms with Crippen LogP contribution in [0.3, 0.4) is 0 Å². The minimum Gasteiger partial charge on any atom is -0.497 e. The molecule has 1 aliphatic rings. The van der Waals surface area contributed by atoms with Crippen LogP contribution in [0.25, 0.3) is 17.1 Å². The molecule has 0 atom stereocenters. The Labute approximate surface area is 160 Å². The van der Waals surface area contributed by atoms with Gasteiger partial charge in [0.25, 0.3) is 0 Å². The van der Waals surface area contributed by atoms with Crippen molar-refractivity contribution in [3.05, 3.63) is 77.9 Å². The molecule has 1 aliphatic heterocycles. The Kier molecular flexibility index (Phi) is 3.69. The Morgan fingerprint density at radius 1 is 1.11 bits per heavy atom. The van der Waals surface area contributed by atoms with Crippen LogP contribution in [0, 0.1) is 17.7 Å². The third-order valence-electron chi connectivity index (χ3n) is 4.64. The topological polar surface area (TPSA) is 57.8 Å². The van der Waals surface area contributed by atoms with Crippen molar-refractivity contribution in [1.29, 1.82) is 0 Å². The maximum absolute atomic E-state index is 13.9. The molecule has 0 amide bonds. The van der Waals surface area contributed by atoms with Crippen molar-refractivity contribution in [3.8, 4) is 34.7 Å². The van der Waals surface area contributed by atoms with E-state index >= 15 is 0 Å². The third-order valence-corrected chi connectivity index (χ3v) is 4.64. The molecule has 0 bridgehead atoms. The minimum absolute atomic E-state index is 0.324. The number of aromatic nitrogens is 5. The molecule has 7 heteroatoms. The number of nitrogens with zero attached hydrogens (tertiary/aromatic N) is 5. The predicted molar refractivity (Wildman–Crippen MR) is 101 cm³/mol. The Hall–Kier alpha value is -3.92. The first kappa shape index (κ1) is 16.3. The quantitative estimate of drug-likeness (QED) is 0.425. The van der Waals surface area contributed by atoms with Crippen LogP contribution in [0.15, 0.2) is 55.1 Å². The van der Waals surface area contributed by atoms with Gasteiger partial charge in [-0.3, -0.25) is 4.57 Å². The van der Waals surface area contributed by atoms with Crippen LogP contribution in [0.5, 0.6) is 5.75 Å². The molecular formula is C21H14FN5O. The average Bonchev–Trinajstić information content (AvgIpc) is 3.31. The van der Waals surface area contributed by atoms with Crippen LogP contribution < -0.4 is 4.74 Å². The van der Waals surface area contributed by atoms with E-state index in [4.69, 9.17) is 4.74 Å². The first-order valence-electron chi connectivity index (χ1n) is 8.63. The highest BCUT2D eigenvalue weighted by atomic mass is 19.1. The van der Waals surface area contributed by atoms with E-state index in [9.17, 15) is 4.39 Å². The van der Waals surface area contributed by atoms with Gasteiger partial charge in [-0.25, -0.2) is 19.0 Å². The summed E-state index contributed by atoms with van der Waals surface area (Å²) in [6.07, 6.45) is 3.17. The van der Waals surface area contributed by atoms with Crippen molar-refractivity contribution >= 4 is 0 Å². The molecule has 3 heterocycles. The second kappa shape index (κ2) is 6.35. The van der Waals surface area contributed by atoms with E-state index in [1.165, 1.54) is 18.5 Å². The number of imidazole rings is 1. The number of halogens is 1. The molecule has 0 fully saturated rings. The second-order valence-corrected chi connectivity index (χ2v) is 6.29. The Balaban J connectivity index is 1.64. The standard InChI is InChI=1S/C21H14FN5O/c1-28-16-4-2-3-14(9-16)5-7-18-20-11-27-21(23-12-25-27)17-10-15(22)6-8-19(17)26(20)13-24-18/h2-4,6,8-10,12-13H,11H2,1H3. The third kappa shape index (κ3) is 2.63. The Bertz CT molecular complexity index is 1260. The molecule has 5 rings (SSSR count). The number of hydrogen-bond donors (Lipinski definition) is 0. The van der Waals surface area contributed by atoms with Crippen LogP contribution in [0.4, 0.5) is 4.39 Å². The number of methoxy groups -OCH3 is 1. The SMILES string of the molecule is COc1cccc(C#Cc2ncn3c2Cn2ncnc2-c2cc(F)ccc2-3)c1. The monoisotopic (exact) mass is 371 g/mol. The van der Waals surface area contributed by atoms with Gasteiger partial charge >= 0.3 is 0 Å². The lowest BCUT2D eigenvalue weighted by atomic mass is 10.1. The summed E-state index contributed by atoms with van der Waals surface area (Å²) in [5.41, 5.74) is 3.80. The largest absolute Gasteiger partial charge is 0.497 e. The summed E-state index contributed by atoms with van der Waals surface area (Å²) >= 11 is 0. The summed E-state index contributed by atoms with van der Waals surface area (Å²) in [6.45, 7) is 0.438. The summed E-state index contributed by atoms with van der Waals surface area (Å²) in [6, 6.07) is 12.2.